The Morgan fingerprint density at radius 1 is 0.879 bits per heavy atom. The number of hydrogen-bond acceptors (Lipinski definition) is 7. The maximum atomic E-state index is 11.9. The summed E-state index contributed by atoms with van der Waals surface area (Å²) in [4.78, 5) is 42.1. The van der Waals surface area contributed by atoms with Crippen LogP contribution in [0.15, 0.2) is 58.4 Å². The van der Waals surface area contributed by atoms with Gasteiger partial charge in [-0.05, 0) is 24.3 Å². The Kier molecular flexibility index (Phi) is 7.14. The second kappa shape index (κ2) is 10.2. The van der Waals surface area contributed by atoms with Gasteiger partial charge in [0.05, 0.1) is 58.4 Å². The number of pyridine rings is 4. The number of carbonyl (C=O) groups excluding carboxylic acids is 1. The molecule has 0 saturated carbocycles. The number of carbonyl (C=O) groups is 1. The maximum Gasteiger partial charge on any atom is 0.251 e. The third-order valence-corrected chi connectivity index (χ3v) is 5.30. The molecule has 5 rings (SSSR count). The van der Waals surface area contributed by atoms with Gasteiger partial charge in [-0.25, -0.2) is 0 Å². The predicted molar refractivity (Wildman–Crippen MR) is 124 cm³/mol. The van der Waals surface area contributed by atoms with E-state index in [4.69, 9.17) is 32.7 Å². The van der Waals surface area contributed by atoms with E-state index in [0.29, 0.717) is 52.6 Å². The van der Waals surface area contributed by atoms with Crippen LogP contribution in [0.5, 0.6) is 0 Å². The third kappa shape index (κ3) is 5.28. The van der Waals surface area contributed by atoms with Crippen LogP contribution in [0.4, 0.5) is 0 Å². The lowest BCUT2D eigenvalue weighted by Gasteiger charge is -2.13. The molecule has 33 heavy (non-hydrogen) atoms. The standard InChI is InChI=1S/C12H11ClN2O3.C10H7ClN2O2/c13-8-5-10-9(14-6-8)1-2-11(16)15(10)7-12-17-3-4-18-12;11-7-5-9-8(12-6-7)1-2-10(15)13(9)3-4-14/h1-2,5-6,12H,3-4,7H2;1-2,4-6H,3H2. The number of fused-ring (bicyclic) bond motifs is 2. The van der Waals surface area contributed by atoms with Gasteiger partial charge in [0.2, 0.25) is 0 Å². The summed E-state index contributed by atoms with van der Waals surface area (Å²) in [7, 11) is 0. The highest BCUT2D eigenvalue weighted by Gasteiger charge is 2.18. The Morgan fingerprint density at radius 3 is 1.94 bits per heavy atom. The van der Waals surface area contributed by atoms with Crippen molar-refractivity contribution in [3.8, 4) is 0 Å². The van der Waals surface area contributed by atoms with Crippen LogP contribution in [-0.4, -0.2) is 44.9 Å². The molecule has 0 amide bonds. The molecule has 1 aliphatic rings. The van der Waals surface area contributed by atoms with Crippen LogP contribution in [0, 0.1) is 0 Å². The van der Waals surface area contributed by atoms with Crippen LogP contribution < -0.4 is 11.1 Å². The van der Waals surface area contributed by atoms with Crippen molar-refractivity contribution >= 4 is 51.6 Å². The minimum Gasteiger partial charge on any atom is -0.348 e. The van der Waals surface area contributed by atoms with Crippen molar-refractivity contribution < 1.29 is 14.3 Å². The van der Waals surface area contributed by atoms with Gasteiger partial charge in [-0.3, -0.25) is 24.1 Å². The molecule has 1 aliphatic heterocycles. The SMILES string of the molecule is O=CCn1c(=O)ccc2ncc(Cl)cc21.O=c1ccc2ncc(Cl)cc2n1CC1OCCO1. The molecule has 0 radical (unpaired) electrons. The lowest BCUT2D eigenvalue weighted by Crippen LogP contribution is -2.27. The molecule has 0 spiro atoms. The fourth-order valence-corrected chi connectivity index (χ4v) is 3.70. The van der Waals surface area contributed by atoms with Gasteiger partial charge in [-0.1, -0.05) is 23.2 Å². The van der Waals surface area contributed by atoms with E-state index < -0.39 is 0 Å². The van der Waals surface area contributed by atoms with E-state index in [1.807, 2.05) is 0 Å². The Morgan fingerprint density at radius 2 is 1.39 bits per heavy atom. The Hall–Kier alpha value is -3.11. The van der Waals surface area contributed by atoms with Crippen molar-refractivity contribution in [1.82, 2.24) is 19.1 Å². The number of rotatable bonds is 4. The predicted octanol–water partition coefficient (Wildman–Crippen LogP) is 2.67. The molecule has 0 aliphatic carbocycles. The number of halogens is 2. The average molecular weight is 489 g/mol. The van der Waals surface area contributed by atoms with Gasteiger partial charge >= 0.3 is 0 Å². The average Bonchev–Trinajstić information content (AvgIpc) is 3.32. The molecule has 0 unspecified atom stereocenters. The van der Waals surface area contributed by atoms with Crippen molar-refractivity contribution in [2.75, 3.05) is 13.2 Å². The molecular weight excluding hydrogens is 471 g/mol. The van der Waals surface area contributed by atoms with Crippen LogP contribution in [0.1, 0.15) is 0 Å². The first-order valence-electron chi connectivity index (χ1n) is 9.93. The fraction of sp³-hybridized carbons (Fsp3) is 0.227. The first-order chi connectivity index (χ1) is 16.0. The normalized spacial score (nSPS) is 13.8. The second-order valence-corrected chi connectivity index (χ2v) is 7.89. The molecule has 5 heterocycles. The first kappa shape index (κ1) is 23.1. The van der Waals surface area contributed by atoms with E-state index in [1.165, 1.54) is 22.9 Å². The molecule has 9 nitrogen and oxygen atoms in total. The highest BCUT2D eigenvalue weighted by molar-refractivity contribution is 6.31. The van der Waals surface area contributed by atoms with E-state index in [1.54, 1.807) is 35.0 Å². The number of aromatic nitrogens is 4. The number of nitrogens with zero attached hydrogens (tertiary/aromatic N) is 4. The van der Waals surface area contributed by atoms with E-state index in [2.05, 4.69) is 9.97 Å². The summed E-state index contributed by atoms with van der Waals surface area (Å²) in [6.07, 6.45) is 3.34. The van der Waals surface area contributed by atoms with Gasteiger partial charge in [-0.15, -0.1) is 0 Å². The van der Waals surface area contributed by atoms with Gasteiger partial charge in [0.25, 0.3) is 11.1 Å². The number of ether oxygens (including phenoxy) is 2. The smallest absolute Gasteiger partial charge is 0.251 e. The molecule has 170 valence electrons. The minimum atomic E-state index is -0.382. The fourth-order valence-electron chi connectivity index (χ4n) is 3.40. The van der Waals surface area contributed by atoms with Crippen LogP contribution in [0.25, 0.3) is 22.1 Å². The summed E-state index contributed by atoms with van der Waals surface area (Å²) in [6.45, 7) is 1.47. The molecule has 4 aromatic rings. The van der Waals surface area contributed by atoms with Gasteiger partial charge in [-0.2, -0.15) is 0 Å². The van der Waals surface area contributed by atoms with Crippen LogP contribution in [0.2, 0.25) is 10.0 Å². The molecule has 0 bridgehead atoms. The maximum absolute atomic E-state index is 11.9. The summed E-state index contributed by atoms with van der Waals surface area (Å²) in [5.74, 6) is 0. The highest BCUT2D eigenvalue weighted by Crippen LogP contribution is 2.17. The molecule has 1 saturated heterocycles. The number of aldehydes is 1. The van der Waals surface area contributed by atoms with Crippen molar-refractivity contribution in [2.24, 2.45) is 0 Å². The summed E-state index contributed by atoms with van der Waals surface area (Å²) in [5.41, 5.74) is 2.26. The summed E-state index contributed by atoms with van der Waals surface area (Å²) in [6, 6.07) is 9.50. The first-order valence-corrected chi connectivity index (χ1v) is 10.7. The topological polar surface area (TPSA) is 105 Å². The Labute approximate surface area is 197 Å². The van der Waals surface area contributed by atoms with Crippen molar-refractivity contribution in [3.63, 3.8) is 0 Å². The number of hydrogen-bond donors (Lipinski definition) is 0. The summed E-state index contributed by atoms with van der Waals surface area (Å²) >= 11 is 11.7. The summed E-state index contributed by atoms with van der Waals surface area (Å²) < 4.78 is 13.6. The van der Waals surface area contributed by atoms with Gasteiger partial charge in [0, 0.05) is 24.5 Å². The quantitative estimate of drug-likeness (QED) is 0.406. The van der Waals surface area contributed by atoms with Crippen LogP contribution in [-0.2, 0) is 27.4 Å². The zero-order valence-electron chi connectivity index (χ0n) is 17.2. The van der Waals surface area contributed by atoms with Crippen LogP contribution in [0.3, 0.4) is 0 Å². The lowest BCUT2D eigenvalue weighted by molar-refractivity contribution is -0.108. The van der Waals surface area contributed by atoms with E-state index >= 15 is 0 Å². The Bertz CT molecular complexity index is 1430. The van der Waals surface area contributed by atoms with E-state index in [-0.39, 0.29) is 24.0 Å². The van der Waals surface area contributed by atoms with Crippen LogP contribution >= 0.6 is 23.2 Å². The molecule has 0 atom stereocenters. The molecule has 11 heteroatoms. The minimum absolute atomic E-state index is 0.0121. The monoisotopic (exact) mass is 488 g/mol. The van der Waals surface area contributed by atoms with Gasteiger partial charge in [0.1, 0.15) is 6.29 Å². The van der Waals surface area contributed by atoms with Crippen molar-refractivity contribution in [2.45, 2.75) is 19.4 Å². The largest absolute Gasteiger partial charge is 0.348 e. The summed E-state index contributed by atoms with van der Waals surface area (Å²) in [5, 5.41) is 0.933. The zero-order chi connectivity index (χ0) is 23.4. The molecule has 0 N–H and O–H groups in total. The van der Waals surface area contributed by atoms with Crippen molar-refractivity contribution in [1.29, 1.82) is 0 Å². The lowest BCUT2D eigenvalue weighted by atomic mass is 10.3. The van der Waals surface area contributed by atoms with E-state index in [0.717, 1.165) is 5.52 Å². The van der Waals surface area contributed by atoms with Gasteiger partial charge in [0.15, 0.2) is 6.29 Å². The molecule has 4 aromatic heterocycles. The van der Waals surface area contributed by atoms with Gasteiger partial charge < -0.3 is 18.8 Å². The van der Waals surface area contributed by atoms with E-state index in [9.17, 15) is 14.4 Å². The molecule has 0 aromatic carbocycles. The highest BCUT2D eigenvalue weighted by atomic mass is 35.5. The zero-order valence-corrected chi connectivity index (χ0v) is 18.7. The Balaban J connectivity index is 0.000000160. The van der Waals surface area contributed by atoms with Crippen molar-refractivity contribution in [3.05, 3.63) is 79.5 Å². The molecule has 1 fully saturated rings. The molecular formula is C22H18Cl2N4O5. The second-order valence-electron chi connectivity index (χ2n) is 7.02. The third-order valence-electron chi connectivity index (χ3n) is 4.89.